The Labute approximate surface area is 237 Å². The lowest BCUT2D eigenvalue weighted by Crippen LogP contribution is -2.37. The molecule has 2 N–H and O–H groups in total. The summed E-state index contributed by atoms with van der Waals surface area (Å²) >= 11 is 1.58. The van der Waals surface area contributed by atoms with Crippen molar-refractivity contribution in [2.45, 2.75) is 137 Å². The molecule has 0 radical (unpaired) electrons. The zero-order valence-corrected chi connectivity index (χ0v) is 26.4. The molecule has 0 bridgehead atoms. The van der Waals surface area contributed by atoms with Crippen LogP contribution in [-0.2, 0) is 17.0 Å². The molecule has 1 aromatic rings. The third-order valence-corrected chi connectivity index (χ3v) is 9.97. The lowest BCUT2D eigenvalue weighted by Gasteiger charge is -2.38. The van der Waals surface area contributed by atoms with Gasteiger partial charge in [0, 0.05) is 22.6 Å². The fourth-order valence-corrected chi connectivity index (χ4v) is 6.84. The molecule has 0 spiro atoms. The van der Waals surface area contributed by atoms with Crippen LogP contribution in [0.1, 0.15) is 128 Å². The van der Waals surface area contributed by atoms with Crippen molar-refractivity contribution in [3.8, 4) is 11.5 Å². The molecule has 1 aromatic carbocycles. The summed E-state index contributed by atoms with van der Waals surface area (Å²) in [7, 11) is 0. The van der Waals surface area contributed by atoms with Gasteiger partial charge < -0.3 is 14.9 Å². The van der Waals surface area contributed by atoms with Gasteiger partial charge in [0.25, 0.3) is 0 Å². The largest absolute Gasteiger partial charge is 0.507 e. The smallest absolute Gasteiger partial charge is 0.307 e. The van der Waals surface area contributed by atoms with Crippen LogP contribution in [0.4, 0.5) is 0 Å². The van der Waals surface area contributed by atoms with Crippen molar-refractivity contribution in [2.24, 2.45) is 23.7 Å². The Bertz CT molecular complexity index is 896. The highest BCUT2D eigenvalue weighted by atomic mass is 32.2. The Kier molecular flexibility index (Phi) is 13.3. The quantitative estimate of drug-likeness (QED) is 0.203. The molecule has 0 aliphatic carbocycles. The highest BCUT2D eigenvalue weighted by Gasteiger charge is 2.35. The van der Waals surface area contributed by atoms with E-state index >= 15 is 0 Å². The third-order valence-electron chi connectivity index (χ3n) is 8.75. The van der Waals surface area contributed by atoms with Crippen LogP contribution in [0.2, 0.25) is 0 Å². The average Bonchev–Trinajstić information content (AvgIpc) is 2.84. The highest BCUT2D eigenvalue weighted by molar-refractivity contribution is 7.98. The molecule has 0 fully saturated rings. The third kappa shape index (κ3) is 9.99. The topological polar surface area (TPSA) is 66.8 Å². The van der Waals surface area contributed by atoms with E-state index in [4.69, 9.17) is 4.74 Å². The molecule has 5 heteroatoms. The first-order chi connectivity index (χ1) is 17.8. The van der Waals surface area contributed by atoms with Gasteiger partial charge in [0.1, 0.15) is 17.1 Å². The van der Waals surface area contributed by atoms with Crippen LogP contribution < -0.4 is 4.74 Å². The van der Waals surface area contributed by atoms with Gasteiger partial charge in [-0.25, -0.2) is 0 Å². The molecule has 218 valence electrons. The van der Waals surface area contributed by atoms with Crippen LogP contribution in [0.15, 0.2) is 0 Å². The molecule has 1 aliphatic rings. The normalized spacial score (nSPS) is 19.6. The van der Waals surface area contributed by atoms with Gasteiger partial charge >= 0.3 is 5.97 Å². The molecule has 1 aliphatic heterocycles. The van der Waals surface area contributed by atoms with Crippen molar-refractivity contribution in [2.75, 3.05) is 5.75 Å². The lowest BCUT2D eigenvalue weighted by atomic mass is 9.83. The number of benzene rings is 1. The zero-order chi connectivity index (χ0) is 28.5. The van der Waals surface area contributed by atoms with Crippen LogP contribution in [0.5, 0.6) is 11.5 Å². The van der Waals surface area contributed by atoms with Gasteiger partial charge in [-0.1, -0.05) is 79.6 Å². The number of rotatable bonds is 17. The van der Waals surface area contributed by atoms with Crippen molar-refractivity contribution in [1.29, 1.82) is 0 Å². The summed E-state index contributed by atoms with van der Waals surface area (Å²) in [5.74, 6) is 3.72. The van der Waals surface area contributed by atoms with E-state index in [1.807, 2.05) is 6.92 Å². The highest BCUT2D eigenvalue weighted by Crippen LogP contribution is 2.46. The SMILES string of the molecule is Cc1c(C)c2c(c(CSCC(C)C(=O)O)c1O)CCC(C)(CCCC(C)CCCC(C)CCCC(C)C)O2. The maximum absolute atomic E-state index is 11.2. The number of fused-ring (bicyclic) bond motifs is 1. The van der Waals surface area contributed by atoms with E-state index < -0.39 is 11.9 Å². The molecule has 1 heterocycles. The standard InChI is InChI=1S/C33H56O4S/c1-22(2)12-9-13-23(3)14-10-15-24(4)16-11-18-33(8)19-17-28-29(21-38-20-25(5)32(35)36)30(34)26(6)27(7)31(28)37-33/h22-25,34H,9-21H2,1-8H3,(H,35,36). The number of aliphatic carboxylic acids is 1. The van der Waals surface area contributed by atoms with Crippen LogP contribution in [0.3, 0.4) is 0 Å². The van der Waals surface area contributed by atoms with E-state index in [-0.39, 0.29) is 5.60 Å². The van der Waals surface area contributed by atoms with Gasteiger partial charge in [-0.3, -0.25) is 4.79 Å². The second-order valence-corrected chi connectivity index (χ2v) is 14.1. The van der Waals surface area contributed by atoms with Gasteiger partial charge in [0.2, 0.25) is 0 Å². The predicted molar refractivity (Wildman–Crippen MR) is 163 cm³/mol. The number of phenolic OH excluding ortho intramolecular Hbond substituents is 1. The minimum absolute atomic E-state index is 0.173. The Morgan fingerprint density at radius 1 is 0.947 bits per heavy atom. The summed E-state index contributed by atoms with van der Waals surface area (Å²) in [6, 6.07) is 0. The Balaban J connectivity index is 1.87. The van der Waals surface area contributed by atoms with Crippen molar-refractivity contribution in [1.82, 2.24) is 0 Å². The predicted octanol–water partition coefficient (Wildman–Crippen LogP) is 9.49. The summed E-state index contributed by atoms with van der Waals surface area (Å²) in [5.41, 5.74) is 3.79. The minimum Gasteiger partial charge on any atom is -0.507 e. The maximum Gasteiger partial charge on any atom is 0.307 e. The molecule has 0 amide bonds. The van der Waals surface area contributed by atoms with Gasteiger partial charge in [-0.05, 0) is 75.3 Å². The number of aromatic hydroxyl groups is 1. The fourth-order valence-electron chi connectivity index (χ4n) is 5.71. The maximum atomic E-state index is 11.2. The molecule has 4 unspecified atom stereocenters. The van der Waals surface area contributed by atoms with Crippen molar-refractivity contribution in [3.63, 3.8) is 0 Å². The van der Waals surface area contributed by atoms with Crippen LogP contribution in [0.25, 0.3) is 0 Å². The van der Waals surface area contributed by atoms with E-state index in [1.54, 1.807) is 18.7 Å². The monoisotopic (exact) mass is 548 g/mol. The van der Waals surface area contributed by atoms with Crippen molar-refractivity contribution >= 4 is 17.7 Å². The average molecular weight is 549 g/mol. The van der Waals surface area contributed by atoms with E-state index in [0.717, 1.165) is 65.0 Å². The van der Waals surface area contributed by atoms with E-state index in [9.17, 15) is 15.0 Å². The molecular formula is C33H56O4S. The van der Waals surface area contributed by atoms with Crippen LogP contribution in [0, 0.1) is 37.5 Å². The molecular weight excluding hydrogens is 492 g/mol. The zero-order valence-electron chi connectivity index (χ0n) is 25.6. The molecule has 2 rings (SSSR count). The molecule has 4 nitrogen and oxygen atoms in total. The fraction of sp³-hybridized carbons (Fsp3) is 0.788. The number of carboxylic acid groups (broad SMARTS) is 1. The molecule has 0 saturated carbocycles. The number of hydrogen-bond donors (Lipinski definition) is 2. The summed E-state index contributed by atoms with van der Waals surface area (Å²) in [4.78, 5) is 11.2. The molecule has 38 heavy (non-hydrogen) atoms. The summed E-state index contributed by atoms with van der Waals surface area (Å²) in [6.45, 7) is 17.5. The van der Waals surface area contributed by atoms with Crippen molar-refractivity contribution in [3.05, 3.63) is 22.3 Å². The number of thioether (sulfide) groups is 1. The van der Waals surface area contributed by atoms with Gasteiger partial charge in [0.15, 0.2) is 0 Å². The van der Waals surface area contributed by atoms with E-state index in [1.165, 1.54) is 51.4 Å². The van der Waals surface area contributed by atoms with Crippen LogP contribution in [-0.4, -0.2) is 27.5 Å². The summed E-state index contributed by atoms with van der Waals surface area (Å²) in [6.07, 6.45) is 13.5. The first kappa shape index (κ1) is 32.8. The first-order valence-corrected chi connectivity index (χ1v) is 16.3. The Hall–Kier alpha value is -1.36. The minimum atomic E-state index is -0.774. The Morgan fingerprint density at radius 3 is 2.11 bits per heavy atom. The first-order valence-electron chi connectivity index (χ1n) is 15.2. The number of phenols is 1. The van der Waals surface area contributed by atoms with Gasteiger partial charge in [0.05, 0.1) is 5.92 Å². The number of ether oxygens (including phenoxy) is 1. The summed E-state index contributed by atoms with van der Waals surface area (Å²) < 4.78 is 6.73. The van der Waals surface area contributed by atoms with Gasteiger partial charge in [-0.2, -0.15) is 11.8 Å². The second kappa shape index (κ2) is 15.4. The van der Waals surface area contributed by atoms with E-state index in [2.05, 4.69) is 41.5 Å². The van der Waals surface area contributed by atoms with E-state index in [0.29, 0.717) is 17.3 Å². The molecule has 0 saturated heterocycles. The lowest BCUT2D eigenvalue weighted by molar-refractivity contribution is -0.140. The summed E-state index contributed by atoms with van der Waals surface area (Å²) in [5, 5.41) is 20.1. The number of hydrogen-bond acceptors (Lipinski definition) is 4. The van der Waals surface area contributed by atoms with Crippen molar-refractivity contribution < 1.29 is 19.7 Å². The van der Waals surface area contributed by atoms with Gasteiger partial charge in [-0.15, -0.1) is 0 Å². The molecule has 0 aromatic heterocycles. The number of carbonyl (C=O) groups is 1. The number of carboxylic acids is 1. The Morgan fingerprint density at radius 2 is 1.53 bits per heavy atom. The second-order valence-electron chi connectivity index (χ2n) is 13.0. The van der Waals surface area contributed by atoms with Crippen LogP contribution >= 0.6 is 11.8 Å². The molecule has 4 atom stereocenters.